The zero-order valence-electron chi connectivity index (χ0n) is 6.67. The minimum atomic E-state index is -0.304. The van der Waals surface area contributed by atoms with Gasteiger partial charge in [-0.3, -0.25) is 4.40 Å². The van der Waals surface area contributed by atoms with Crippen LogP contribution in [0.25, 0.3) is 5.52 Å². The second-order valence-corrected chi connectivity index (χ2v) is 3.35. The van der Waals surface area contributed by atoms with Crippen molar-refractivity contribution < 1.29 is 4.39 Å². The number of imidazole rings is 1. The maximum atomic E-state index is 13.3. The smallest absolute Gasteiger partial charge is 0.150 e. The zero-order chi connectivity index (χ0) is 9.42. The molecule has 68 valence electrons. The lowest BCUT2D eigenvalue weighted by Crippen LogP contribution is -2.02. The Morgan fingerprint density at radius 1 is 1.62 bits per heavy atom. The second kappa shape index (κ2) is 3.08. The van der Waals surface area contributed by atoms with E-state index >= 15 is 0 Å². The summed E-state index contributed by atoms with van der Waals surface area (Å²) >= 11 is 3.18. The minimum absolute atomic E-state index is 0.288. The van der Waals surface area contributed by atoms with E-state index in [0.29, 0.717) is 15.9 Å². The molecule has 0 atom stereocenters. The van der Waals surface area contributed by atoms with E-state index in [2.05, 4.69) is 20.9 Å². The standard InChI is InChI=1S/C8H7BrFN3/c9-8-7-5(10)2-1-3-13(7)6(4-11)12-8/h1-3H,4,11H2. The molecule has 0 saturated carbocycles. The third-order valence-electron chi connectivity index (χ3n) is 1.83. The molecule has 0 spiro atoms. The van der Waals surface area contributed by atoms with Crippen molar-refractivity contribution in [2.45, 2.75) is 6.54 Å². The molecule has 0 saturated heterocycles. The van der Waals surface area contributed by atoms with E-state index in [-0.39, 0.29) is 12.4 Å². The van der Waals surface area contributed by atoms with E-state index in [1.54, 1.807) is 16.7 Å². The molecule has 2 heterocycles. The van der Waals surface area contributed by atoms with Crippen LogP contribution in [0.15, 0.2) is 22.9 Å². The van der Waals surface area contributed by atoms with Gasteiger partial charge in [-0.2, -0.15) is 0 Å². The van der Waals surface area contributed by atoms with Gasteiger partial charge in [0.05, 0.1) is 6.54 Å². The lowest BCUT2D eigenvalue weighted by atomic mass is 10.4. The quantitative estimate of drug-likeness (QED) is 0.829. The highest BCUT2D eigenvalue weighted by Crippen LogP contribution is 2.21. The highest BCUT2D eigenvalue weighted by molar-refractivity contribution is 9.10. The molecule has 2 aromatic heterocycles. The van der Waals surface area contributed by atoms with Gasteiger partial charge in [-0.25, -0.2) is 9.37 Å². The van der Waals surface area contributed by atoms with Crippen LogP contribution in [0.1, 0.15) is 5.82 Å². The molecular weight excluding hydrogens is 237 g/mol. The van der Waals surface area contributed by atoms with E-state index in [9.17, 15) is 4.39 Å². The molecule has 0 bridgehead atoms. The lowest BCUT2D eigenvalue weighted by molar-refractivity contribution is 0.632. The molecule has 0 unspecified atom stereocenters. The van der Waals surface area contributed by atoms with E-state index in [4.69, 9.17) is 5.73 Å². The van der Waals surface area contributed by atoms with Gasteiger partial charge >= 0.3 is 0 Å². The summed E-state index contributed by atoms with van der Waals surface area (Å²) in [6.45, 7) is 0.288. The molecule has 2 aromatic rings. The van der Waals surface area contributed by atoms with Crippen LogP contribution >= 0.6 is 15.9 Å². The van der Waals surface area contributed by atoms with Crippen molar-refractivity contribution in [2.24, 2.45) is 5.73 Å². The fourth-order valence-electron chi connectivity index (χ4n) is 1.26. The minimum Gasteiger partial charge on any atom is -0.324 e. The Bertz CT molecular complexity index is 452. The summed E-state index contributed by atoms with van der Waals surface area (Å²) in [6, 6.07) is 3.01. The fourth-order valence-corrected chi connectivity index (χ4v) is 1.84. The van der Waals surface area contributed by atoms with E-state index < -0.39 is 0 Å². The highest BCUT2D eigenvalue weighted by Gasteiger charge is 2.10. The van der Waals surface area contributed by atoms with Crippen LogP contribution < -0.4 is 5.73 Å². The molecule has 0 fully saturated rings. The Hall–Kier alpha value is -0.940. The molecule has 5 heteroatoms. The number of rotatable bonds is 1. The van der Waals surface area contributed by atoms with E-state index in [0.717, 1.165) is 0 Å². The average Bonchev–Trinajstić information content (AvgIpc) is 2.44. The molecule has 0 aliphatic rings. The van der Waals surface area contributed by atoms with Gasteiger partial charge in [0, 0.05) is 6.20 Å². The summed E-state index contributed by atoms with van der Waals surface area (Å²) < 4.78 is 15.4. The largest absolute Gasteiger partial charge is 0.324 e. The first-order valence-corrected chi connectivity index (χ1v) is 4.54. The van der Waals surface area contributed by atoms with Gasteiger partial charge in [0.1, 0.15) is 21.8 Å². The van der Waals surface area contributed by atoms with Crippen LogP contribution in [0.2, 0.25) is 0 Å². The van der Waals surface area contributed by atoms with Crippen LogP contribution in [-0.4, -0.2) is 9.38 Å². The SMILES string of the molecule is NCc1nc(Br)c2c(F)cccn12. The number of halogens is 2. The molecule has 0 amide bonds. The Kier molecular flexibility index (Phi) is 2.05. The first-order valence-electron chi connectivity index (χ1n) is 3.75. The zero-order valence-corrected chi connectivity index (χ0v) is 8.25. The number of nitrogens with zero attached hydrogens (tertiary/aromatic N) is 2. The van der Waals surface area contributed by atoms with Crippen molar-refractivity contribution in [2.75, 3.05) is 0 Å². The fraction of sp³-hybridized carbons (Fsp3) is 0.125. The summed E-state index contributed by atoms with van der Waals surface area (Å²) in [5.74, 6) is 0.336. The van der Waals surface area contributed by atoms with Crippen LogP contribution in [0.3, 0.4) is 0 Å². The lowest BCUT2D eigenvalue weighted by Gasteiger charge is -1.97. The third-order valence-corrected chi connectivity index (χ3v) is 2.38. The van der Waals surface area contributed by atoms with Crippen LogP contribution in [-0.2, 0) is 6.54 Å². The molecule has 0 aliphatic carbocycles. The molecule has 0 aromatic carbocycles. The number of nitrogens with two attached hydrogens (primary N) is 1. The molecule has 0 radical (unpaired) electrons. The normalized spacial score (nSPS) is 11.0. The maximum Gasteiger partial charge on any atom is 0.150 e. The van der Waals surface area contributed by atoms with Crippen molar-refractivity contribution in [1.29, 1.82) is 0 Å². The predicted molar refractivity (Wildman–Crippen MR) is 50.7 cm³/mol. The van der Waals surface area contributed by atoms with Gasteiger partial charge in [0.15, 0.2) is 0 Å². The van der Waals surface area contributed by atoms with E-state index in [1.165, 1.54) is 6.07 Å². The summed E-state index contributed by atoms with van der Waals surface area (Å²) in [6.07, 6.45) is 1.73. The monoisotopic (exact) mass is 243 g/mol. The summed E-state index contributed by atoms with van der Waals surface area (Å²) in [5.41, 5.74) is 5.89. The second-order valence-electron chi connectivity index (χ2n) is 2.60. The molecular formula is C8H7BrFN3. The van der Waals surface area contributed by atoms with Gasteiger partial charge in [0.25, 0.3) is 0 Å². The van der Waals surface area contributed by atoms with E-state index in [1.807, 2.05) is 0 Å². The Labute approximate surface area is 82.5 Å². The first kappa shape index (κ1) is 8.65. The molecule has 2 N–H and O–H groups in total. The average molecular weight is 244 g/mol. The number of hydrogen-bond acceptors (Lipinski definition) is 2. The Balaban J connectivity index is 2.87. The third kappa shape index (κ3) is 1.24. The van der Waals surface area contributed by atoms with Gasteiger partial charge < -0.3 is 5.73 Å². The maximum absolute atomic E-state index is 13.3. The number of hydrogen-bond donors (Lipinski definition) is 1. The van der Waals surface area contributed by atoms with Crippen molar-refractivity contribution in [3.05, 3.63) is 34.6 Å². The molecule has 3 nitrogen and oxygen atoms in total. The van der Waals surface area contributed by atoms with Crippen molar-refractivity contribution in [3.63, 3.8) is 0 Å². The summed E-state index contributed by atoms with van der Waals surface area (Å²) in [5, 5.41) is 0. The topological polar surface area (TPSA) is 43.3 Å². The number of aromatic nitrogens is 2. The number of pyridine rings is 1. The van der Waals surface area contributed by atoms with Crippen molar-refractivity contribution >= 4 is 21.4 Å². The van der Waals surface area contributed by atoms with Gasteiger partial charge in [-0.15, -0.1) is 0 Å². The van der Waals surface area contributed by atoms with Gasteiger partial charge in [-0.05, 0) is 28.1 Å². The number of fused-ring (bicyclic) bond motifs is 1. The van der Waals surface area contributed by atoms with Crippen molar-refractivity contribution in [3.8, 4) is 0 Å². The molecule has 0 aliphatic heterocycles. The summed E-state index contributed by atoms with van der Waals surface area (Å²) in [4.78, 5) is 4.08. The molecule has 13 heavy (non-hydrogen) atoms. The predicted octanol–water partition coefficient (Wildman–Crippen LogP) is 1.69. The molecule has 2 rings (SSSR count). The Morgan fingerprint density at radius 3 is 3.08 bits per heavy atom. The van der Waals surface area contributed by atoms with Gasteiger partial charge in [0.2, 0.25) is 0 Å². The summed E-state index contributed by atoms with van der Waals surface area (Å²) in [7, 11) is 0. The Morgan fingerprint density at radius 2 is 2.38 bits per heavy atom. The van der Waals surface area contributed by atoms with Crippen LogP contribution in [0.5, 0.6) is 0 Å². The first-order chi connectivity index (χ1) is 6.24. The van der Waals surface area contributed by atoms with Crippen molar-refractivity contribution in [1.82, 2.24) is 9.38 Å². The van der Waals surface area contributed by atoms with Crippen LogP contribution in [0.4, 0.5) is 4.39 Å². The highest BCUT2D eigenvalue weighted by atomic mass is 79.9. The van der Waals surface area contributed by atoms with Crippen LogP contribution in [0, 0.1) is 5.82 Å². The van der Waals surface area contributed by atoms with Gasteiger partial charge in [-0.1, -0.05) is 0 Å².